The zero-order chi connectivity index (χ0) is 14.0. The van der Waals surface area contributed by atoms with E-state index in [1.165, 1.54) is 31.2 Å². The van der Waals surface area contributed by atoms with Gasteiger partial charge in [0.25, 0.3) is 0 Å². The zero-order valence-electron chi connectivity index (χ0n) is 12.2. The van der Waals surface area contributed by atoms with Gasteiger partial charge in [-0.3, -0.25) is 0 Å². The minimum Gasteiger partial charge on any atom is -0.385 e. The molecule has 1 aromatic rings. The van der Waals surface area contributed by atoms with Gasteiger partial charge in [0.1, 0.15) is 5.82 Å². The third-order valence-electron chi connectivity index (χ3n) is 4.81. The molecule has 2 fully saturated rings. The molecule has 0 spiro atoms. The molecule has 1 unspecified atom stereocenters. The van der Waals surface area contributed by atoms with E-state index in [0.29, 0.717) is 11.5 Å². The molecule has 0 aromatic heterocycles. The van der Waals surface area contributed by atoms with Crippen LogP contribution >= 0.6 is 0 Å². The lowest BCUT2D eigenvalue weighted by molar-refractivity contribution is 0.169. The second kappa shape index (κ2) is 5.82. The topological polar surface area (TPSA) is 21.3 Å². The van der Waals surface area contributed by atoms with Gasteiger partial charge in [-0.1, -0.05) is 12.1 Å². The third-order valence-corrected chi connectivity index (χ3v) is 4.81. The largest absolute Gasteiger partial charge is 0.385 e. The lowest BCUT2D eigenvalue weighted by Gasteiger charge is -2.23. The smallest absolute Gasteiger partial charge is 0.123 e. The lowest BCUT2D eigenvalue weighted by atomic mass is 9.98. The highest BCUT2D eigenvalue weighted by Crippen LogP contribution is 2.49. The van der Waals surface area contributed by atoms with Crippen molar-refractivity contribution in [1.82, 2.24) is 5.32 Å². The van der Waals surface area contributed by atoms with Crippen LogP contribution in [0.4, 0.5) is 4.39 Å². The van der Waals surface area contributed by atoms with Gasteiger partial charge in [0.15, 0.2) is 0 Å². The van der Waals surface area contributed by atoms with Crippen molar-refractivity contribution in [3.8, 4) is 0 Å². The Kier molecular flexibility index (Phi) is 4.08. The molecule has 2 nitrogen and oxygen atoms in total. The van der Waals surface area contributed by atoms with Gasteiger partial charge in [-0.15, -0.1) is 0 Å². The van der Waals surface area contributed by atoms with Crippen LogP contribution in [0.5, 0.6) is 0 Å². The van der Waals surface area contributed by atoms with Crippen molar-refractivity contribution in [2.45, 2.75) is 38.1 Å². The maximum Gasteiger partial charge on any atom is 0.123 e. The van der Waals surface area contributed by atoms with E-state index in [0.717, 1.165) is 25.5 Å². The molecule has 0 aliphatic heterocycles. The summed E-state index contributed by atoms with van der Waals surface area (Å²) in [5.74, 6) is 0.584. The molecule has 0 saturated heterocycles. The molecule has 0 bridgehead atoms. The normalized spacial score (nSPS) is 21.7. The monoisotopic (exact) mass is 277 g/mol. The maximum absolute atomic E-state index is 13.1. The van der Waals surface area contributed by atoms with Crippen LogP contribution in [-0.2, 0) is 4.74 Å². The Labute approximate surface area is 120 Å². The highest BCUT2D eigenvalue weighted by atomic mass is 19.1. The van der Waals surface area contributed by atoms with Gasteiger partial charge in [-0.05, 0) is 61.1 Å². The van der Waals surface area contributed by atoms with Gasteiger partial charge in [-0.25, -0.2) is 4.39 Å². The number of hydrogen-bond acceptors (Lipinski definition) is 2. The number of hydrogen-bond donors (Lipinski definition) is 1. The minimum atomic E-state index is -0.151. The van der Waals surface area contributed by atoms with Gasteiger partial charge in [0.2, 0.25) is 0 Å². The molecule has 1 atom stereocenters. The first-order valence-electron chi connectivity index (χ1n) is 7.70. The summed E-state index contributed by atoms with van der Waals surface area (Å²) < 4.78 is 18.3. The first kappa shape index (κ1) is 14.0. The van der Waals surface area contributed by atoms with Crippen molar-refractivity contribution in [2.24, 2.45) is 11.3 Å². The van der Waals surface area contributed by atoms with Crippen LogP contribution in [0.15, 0.2) is 24.3 Å². The molecule has 3 heteroatoms. The molecule has 0 radical (unpaired) electrons. The van der Waals surface area contributed by atoms with Gasteiger partial charge in [-0.2, -0.15) is 0 Å². The Morgan fingerprint density at radius 1 is 1.30 bits per heavy atom. The molecule has 1 N–H and O–H groups in total. The molecule has 2 aliphatic carbocycles. The van der Waals surface area contributed by atoms with Crippen molar-refractivity contribution < 1.29 is 9.13 Å². The van der Waals surface area contributed by atoms with Gasteiger partial charge < -0.3 is 10.1 Å². The van der Waals surface area contributed by atoms with E-state index < -0.39 is 0 Å². The van der Waals surface area contributed by atoms with Gasteiger partial charge >= 0.3 is 0 Å². The van der Waals surface area contributed by atoms with Crippen molar-refractivity contribution in [3.05, 3.63) is 35.6 Å². The van der Waals surface area contributed by atoms with Crippen LogP contribution < -0.4 is 5.32 Å². The average molecular weight is 277 g/mol. The van der Waals surface area contributed by atoms with Gasteiger partial charge in [0, 0.05) is 26.3 Å². The maximum atomic E-state index is 13.1. The fourth-order valence-electron chi connectivity index (χ4n) is 2.99. The Balaban J connectivity index is 1.59. The molecule has 0 heterocycles. The van der Waals surface area contributed by atoms with E-state index >= 15 is 0 Å². The molecule has 0 amide bonds. The van der Waals surface area contributed by atoms with E-state index in [9.17, 15) is 4.39 Å². The Morgan fingerprint density at radius 3 is 2.55 bits per heavy atom. The summed E-state index contributed by atoms with van der Waals surface area (Å²) in [4.78, 5) is 0. The summed E-state index contributed by atoms with van der Waals surface area (Å²) in [5.41, 5.74) is 1.69. The molecular weight excluding hydrogens is 253 g/mol. The Morgan fingerprint density at radius 2 is 2.00 bits per heavy atom. The quantitative estimate of drug-likeness (QED) is 0.782. The van der Waals surface area contributed by atoms with Crippen molar-refractivity contribution >= 4 is 0 Å². The van der Waals surface area contributed by atoms with Crippen LogP contribution in [0.1, 0.15) is 43.7 Å². The van der Waals surface area contributed by atoms with Crippen molar-refractivity contribution in [2.75, 3.05) is 20.3 Å². The van der Waals surface area contributed by atoms with E-state index in [-0.39, 0.29) is 5.82 Å². The minimum absolute atomic E-state index is 0.151. The Hall–Kier alpha value is -0.930. The zero-order valence-corrected chi connectivity index (χ0v) is 12.2. The average Bonchev–Trinajstić information content (AvgIpc) is 3.35. The number of ether oxygens (including phenoxy) is 1. The molecule has 2 aliphatic rings. The highest BCUT2D eigenvalue weighted by molar-refractivity contribution is 5.22. The van der Waals surface area contributed by atoms with Crippen molar-refractivity contribution in [3.63, 3.8) is 0 Å². The predicted octanol–water partition coefficient (Wildman–Crippen LogP) is 3.68. The summed E-state index contributed by atoms with van der Waals surface area (Å²) in [5, 5.41) is 3.75. The van der Waals surface area contributed by atoms with E-state index in [1.54, 1.807) is 19.2 Å². The van der Waals surface area contributed by atoms with E-state index in [4.69, 9.17) is 4.74 Å². The molecular formula is C17H24FNO. The second-order valence-corrected chi connectivity index (χ2v) is 6.49. The van der Waals surface area contributed by atoms with E-state index in [2.05, 4.69) is 5.32 Å². The third kappa shape index (κ3) is 3.39. The van der Waals surface area contributed by atoms with Crippen LogP contribution in [0.3, 0.4) is 0 Å². The van der Waals surface area contributed by atoms with E-state index in [1.807, 2.05) is 12.1 Å². The van der Waals surface area contributed by atoms with Crippen LogP contribution in [0.25, 0.3) is 0 Å². The summed E-state index contributed by atoms with van der Waals surface area (Å²) in [6.07, 6.45) is 6.35. The summed E-state index contributed by atoms with van der Waals surface area (Å²) in [6, 6.07) is 7.41. The Bertz CT molecular complexity index is 437. The SMILES string of the molecule is COCCC1(CNC(c2ccc(F)cc2)C2CC2)CC1. The molecule has 2 saturated carbocycles. The molecule has 110 valence electrons. The summed E-state index contributed by atoms with van der Waals surface area (Å²) in [7, 11) is 1.77. The van der Waals surface area contributed by atoms with Crippen LogP contribution in [-0.4, -0.2) is 20.3 Å². The lowest BCUT2D eigenvalue weighted by Crippen LogP contribution is -2.30. The first-order chi connectivity index (χ1) is 9.72. The van der Waals surface area contributed by atoms with Gasteiger partial charge in [0.05, 0.1) is 0 Å². The molecule has 20 heavy (non-hydrogen) atoms. The number of halogens is 1. The molecule has 1 aromatic carbocycles. The fourth-order valence-corrected chi connectivity index (χ4v) is 2.99. The predicted molar refractivity (Wildman–Crippen MR) is 78.0 cm³/mol. The van der Waals surface area contributed by atoms with Crippen LogP contribution in [0.2, 0.25) is 0 Å². The second-order valence-electron chi connectivity index (χ2n) is 6.49. The fraction of sp³-hybridized carbons (Fsp3) is 0.647. The number of methoxy groups -OCH3 is 1. The summed E-state index contributed by atoms with van der Waals surface area (Å²) >= 11 is 0. The standard InChI is InChI=1S/C17H24FNO/c1-20-11-10-17(8-9-17)12-19-16(13-2-3-13)14-4-6-15(18)7-5-14/h4-7,13,16,19H,2-3,8-12H2,1H3. The number of rotatable bonds is 8. The van der Waals surface area contributed by atoms with Crippen molar-refractivity contribution in [1.29, 1.82) is 0 Å². The first-order valence-corrected chi connectivity index (χ1v) is 7.70. The highest BCUT2D eigenvalue weighted by Gasteiger charge is 2.43. The molecule has 3 rings (SSSR count). The number of benzene rings is 1. The van der Waals surface area contributed by atoms with Crippen LogP contribution in [0, 0.1) is 17.2 Å². The number of nitrogens with one attached hydrogen (secondary N) is 1. The summed E-state index contributed by atoms with van der Waals surface area (Å²) in [6.45, 7) is 1.92.